The van der Waals surface area contributed by atoms with Gasteiger partial charge in [-0.2, -0.15) is 9.78 Å². The highest BCUT2D eigenvalue weighted by Crippen LogP contribution is 2.19. The number of carboxylic acid groups (broad SMARTS) is 1. The number of aromatic carboxylic acids is 1. The minimum absolute atomic E-state index is 0.00444. The zero-order chi connectivity index (χ0) is 19.4. The summed E-state index contributed by atoms with van der Waals surface area (Å²) in [5, 5.41) is 16.1. The van der Waals surface area contributed by atoms with Crippen molar-refractivity contribution in [1.82, 2.24) is 9.78 Å². The van der Waals surface area contributed by atoms with Gasteiger partial charge in [0.25, 0.3) is 5.56 Å². The molecule has 0 atom stereocenters. The van der Waals surface area contributed by atoms with Gasteiger partial charge in [0.15, 0.2) is 0 Å². The third-order valence-electron chi connectivity index (χ3n) is 3.89. The van der Waals surface area contributed by atoms with Crippen molar-refractivity contribution in [2.75, 3.05) is 12.4 Å². The molecule has 138 valence electrons. The van der Waals surface area contributed by atoms with E-state index >= 15 is 0 Å². The van der Waals surface area contributed by atoms with Gasteiger partial charge in [-0.25, -0.2) is 4.79 Å². The number of nitrogens with zero attached hydrogens (tertiary/aromatic N) is 2. The van der Waals surface area contributed by atoms with Gasteiger partial charge in [0.05, 0.1) is 30.2 Å². The lowest BCUT2D eigenvalue weighted by molar-refractivity contribution is 0.0697. The third-order valence-corrected chi connectivity index (χ3v) is 4.26. The molecule has 7 nitrogen and oxygen atoms in total. The maximum atomic E-state index is 12.5. The molecule has 27 heavy (non-hydrogen) atoms. The van der Waals surface area contributed by atoms with Crippen molar-refractivity contribution >= 4 is 23.3 Å². The molecular weight excluding hydrogens is 370 g/mol. The quantitative estimate of drug-likeness (QED) is 0.676. The van der Waals surface area contributed by atoms with E-state index in [4.69, 9.17) is 21.4 Å². The Morgan fingerprint density at radius 2 is 2.00 bits per heavy atom. The lowest BCUT2D eigenvalue weighted by Gasteiger charge is -2.11. The zero-order valence-electron chi connectivity index (χ0n) is 14.3. The number of benzene rings is 2. The predicted molar refractivity (Wildman–Crippen MR) is 102 cm³/mol. The average molecular weight is 386 g/mol. The second-order valence-electron chi connectivity index (χ2n) is 5.65. The fourth-order valence-corrected chi connectivity index (χ4v) is 2.66. The number of aromatic nitrogens is 2. The number of rotatable bonds is 6. The van der Waals surface area contributed by atoms with E-state index in [-0.39, 0.29) is 10.6 Å². The highest BCUT2D eigenvalue weighted by molar-refractivity contribution is 6.32. The number of methoxy groups -OCH3 is 1. The summed E-state index contributed by atoms with van der Waals surface area (Å²) in [7, 11) is 1.59. The molecule has 2 aromatic carbocycles. The largest absolute Gasteiger partial charge is 0.497 e. The van der Waals surface area contributed by atoms with Crippen LogP contribution in [-0.2, 0) is 6.54 Å². The van der Waals surface area contributed by atoms with E-state index in [1.54, 1.807) is 7.11 Å². The van der Waals surface area contributed by atoms with Crippen molar-refractivity contribution in [2.45, 2.75) is 6.54 Å². The Morgan fingerprint density at radius 3 is 2.67 bits per heavy atom. The van der Waals surface area contributed by atoms with E-state index in [9.17, 15) is 9.59 Å². The predicted octanol–water partition coefficient (Wildman–Crippen LogP) is 3.20. The van der Waals surface area contributed by atoms with Crippen LogP contribution in [0.25, 0.3) is 5.69 Å². The van der Waals surface area contributed by atoms with Crippen molar-refractivity contribution < 1.29 is 14.6 Å². The molecular formula is C19H16ClN3O4. The van der Waals surface area contributed by atoms with Crippen LogP contribution >= 0.6 is 11.6 Å². The van der Waals surface area contributed by atoms with E-state index in [0.717, 1.165) is 16.0 Å². The molecule has 0 saturated carbocycles. The van der Waals surface area contributed by atoms with Crippen molar-refractivity contribution in [3.63, 3.8) is 0 Å². The molecule has 1 heterocycles. The monoisotopic (exact) mass is 385 g/mol. The van der Waals surface area contributed by atoms with Crippen LogP contribution in [0.1, 0.15) is 15.9 Å². The summed E-state index contributed by atoms with van der Waals surface area (Å²) in [4.78, 5) is 23.4. The molecule has 0 aliphatic rings. The molecule has 0 radical (unpaired) electrons. The van der Waals surface area contributed by atoms with E-state index in [1.807, 2.05) is 24.3 Å². The van der Waals surface area contributed by atoms with E-state index < -0.39 is 11.5 Å². The SMILES string of the molecule is COc1cccc(CNc2cnn(-c3ccc(C(=O)O)cc3)c(=O)c2Cl)c1. The number of halogens is 1. The average Bonchev–Trinajstić information content (AvgIpc) is 2.69. The summed E-state index contributed by atoms with van der Waals surface area (Å²) in [6.45, 7) is 0.440. The van der Waals surface area contributed by atoms with Gasteiger partial charge in [-0.1, -0.05) is 23.7 Å². The molecule has 0 saturated heterocycles. The Labute approximate surface area is 159 Å². The van der Waals surface area contributed by atoms with E-state index in [0.29, 0.717) is 17.9 Å². The van der Waals surface area contributed by atoms with Crippen LogP contribution in [0.2, 0.25) is 5.02 Å². The summed E-state index contributed by atoms with van der Waals surface area (Å²) >= 11 is 6.20. The molecule has 3 aromatic rings. The van der Waals surface area contributed by atoms with E-state index in [2.05, 4.69) is 10.4 Å². The van der Waals surface area contributed by atoms with Gasteiger partial charge in [0.1, 0.15) is 10.8 Å². The number of carboxylic acids is 1. The Balaban J connectivity index is 1.82. The number of ether oxygens (including phenoxy) is 1. The highest BCUT2D eigenvalue weighted by atomic mass is 35.5. The summed E-state index contributed by atoms with van der Waals surface area (Å²) in [6, 6.07) is 13.3. The summed E-state index contributed by atoms with van der Waals surface area (Å²) < 4.78 is 6.30. The van der Waals surface area contributed by atoms with Gasteiger partial charge < -0.3 is 15.2 Å². The Morgan fingerprint density at radius 1 is 1.26 bits per heavy atom. The lowest BCUT2D eigenvalue weighted by Crippen LogP contribution is -2.22. The Hall–Kier alpha value is -3.32. The van der Waals surface area contributed by atoms with Crippen molar-refractivity contribution in [2.24, 2.45) is 0 Å². The summed E-state index contributed by atoms with van der Waals surface area (Å²) in [5.74, 6) is -0.310. The summed E-state index contributed by atoms with van der Waals surface area (Å²) in [6.07, 6.45) is 1.45. The second kappa shape index (κ2) is 7.92. The number of carbonyl (C=O) groups is 1. The number of anilines is 1. The maximum absolute atomic E-state index is 12.5. The molecule has 0 aliphatic carbocycles. The normalized spacial score (nSPS) is 10.4. The third kappa shape index (κ3) is 4.09. The Kier molecular flexibility index (Phi) is 5.42. The van der Waals surface area contributed by atoms with Crippen molar-refractivity contribution in [3.8, 4) is 11.4 Å². The van der Waals surface area contributed by atoms with Gasteiger partial charge in [-0.3, -0.25) is 4.79 Å². The van der Waals surface area contributed by atoms with Crippen LogP contribution < -0.4 is 15.6 Å². The zero-order valence-corrected chi connectivity index (χ0v) is 15.1. The first-order chi connectivity index (χ1) is 13.0. The fourth-order valence-electron chi connectivity index (χ4n) is 2.46. The van der Waals surface area contributed by atoms with Gasteiger partial charge in [-0.05, 0) is 42.0 Å². The minimum Gasteiger partial charge on any atom is -0.497 e. The maximum Gasteiger partial charge on any atom is 0.335 e. The fraction of sp³-hybridized carbons (Fsp3) is 0.105. The molecule has 0 unspecified atom stereocenters. The minimum atomic E-state index is -1.04. The topological polar surface area (TPSA) is 93.4 Å². The van der Waals surface area contributed by atoms with Gasteiger partial charge in [-0.15, -0.1) is 0 Å². The first-order valence-electron chi connectivity index (χ1n) is 7.98. The molecule has 1 aromatic heterocycles. The molecule has 2 N–H and O–H groups in total. The number of hydrogen-bond acceptors (Lipinski definition) is 5. The molecule has 3 rings (SSSR count). The molecule has 0 spiro atoms. The van der Waals surface area contributed by atoms with Gasteiger partial charge in [0, 0.05) is 6.54 Å². The van der Waals surface area contributed by atoms with Gasteiger partial charge in [0.2, 0.25) is 0 Å². The van der Waals surface area contributed by atoms with Crippen LogP contribution in [-0.4, -0.2) is 28.0 Å². The Bertz CT molecular complexity index is 1030. The summed E-state index contributed by atoms with van der Waals surface area (Å²) in [5.41, 5.74) is 1.40. The van der Waals surface area contributed by atoms with Crippen LogP contribution in [0.3, 0.4) is 0 Å². The second-order valence-corrected chi connectivity index (χ2v) is 6.02. The smallest absolute Gasteiger partial charge is 0.335 e. The van der Waals surface area contributed by atoms with Crippen LogP contribution in [0, 0.1) is 0 Å². The highest BCUT2D eigenvalue weighted by Gasteiger charge is 2.11. The molecule has 0 fully saturated rings. The molecule has 0 bridgehead atoms. The molecule has 8 heteroatoms. The first-order valence-corrected chi connectivity index (χ1v) is 8.36. The molecule has 0 amide bonds. The molecule has 0 aliphatic heterocycles. The van der Waals surface area contributed by atoms with Gasteiger partial charge >= 0.3 is 5.97 Å². The first kappa shape index (κ1) is 18.5. The lowest BCUT2D eigenvalue weighted by atomic mass is 10.2. The van der Waals surface area contributed by atoms with Crippen molar-refractivity contribution in [3.05, 3.63) is 81.2 Å². The number of hydrogen-bond donors (Lipinski definition) is 2. The standard InChI is InChI=1S/C19H16ClN3O4/c1-27-15-4-2-3-12(9-15)10-21-16-11-22-23(18(24)17(16)20)14-7-5-13(6-8-14)19(25)26/h2-9,11,21H,10H2,1H3,(H,25,26). The van der Waals surface area contributed by atoms with Crippen molar-refractivity contribution in [1.29, 1.82) is 0 Å². The van der Waals surface area contributed by atoms with Crippen LogP contribution in [0.5, 0.6) is 5.75 Å². The van der Waals surface area contributed by atoms with Crippen LogP contribution in [0.4, 0.5) is 5.69 Å². The van der Waals surface area contributed by atoms with Crippen LogP contribution in [0.15, 0.2) is 59.5 Å². The number of nitrogens with one attached hydrogen (secondary N) is 1. The van der Waals surface area contributed by atoms with E-state index in [1.165, 1.54) is 30.5 Å².